The summed E-state index contributed by atoms with van der Waals surface area (Å²) in [7, 11) is -3.54. The molecular weight excluding hydrogens is 326 g/mol. The minimum absolute atomic E-state index is 0.321. The summed E-state index contributed by atoms with van der Waals surface area (Å²) in [5.74, 6) is 0. The van der Waals surface area contributed by atoms with Gasteiger partial charge in [-0.1, -0.05) is 41.1 Å². The van der Waals surface area contributed by atoms with Gasteiger partial charge in [0.25, 0.3) is 10.0 Å². The van der Waals surface area contributed by atoms with E-state index in [1.165, 1.54) is 0 Å². The Kier molecular flexibility index (Phi) is 4.27. The van der Waals surface area contributed by atoms with Gasteiger partial charge in [0.1, 0.15) is 0 Å². The van der Waals surface area contributed by atoms with Crippen LogP contribution < -0.4 is 4.72 Å². The molecule has 0 bridgehead atoms. The molecule has 0 spiro atoms. The summed E-state index contributed by atoms with van der Waals surface area (Å²) < 4.78 is 28.2. The number of sulfonamides is 1. The molecule has 3 nitrogen and oxygen atoms in total. The number of hydrogen-bond acceptors (Lipinski definition) is 2. The lowest BCUT2D eigenvalue weighted by atomic mass is 10.2. The zero-order valence-electron chi connectivity index (χ0n) is 10.4. The lowest BCUT2D eigenvalue weighted by Gasteiger charge is -2.11. The summed E-state index contributed by atoms with van der Waals surface area (Å²) >= 11 is 3.36. The van der Waals surface area contributed by atoms with E-state index in [1.54, 1.807) is 36.4 Å². The topological polar surface area (TPSA) is 46.2 Å². The second kappa shape index (κ2) is 5.75. The van der Waals surface area contributed by atoms with Gasteiger partial charge in [-0.3, -0.25) is 4.72 Å². The Labute approximate surface area is 121 Å². The first-order valence-electron chi connectivity index (χ1n) is 5.89. The minimum Gasteiger partial charge on any atom is -0.280 e. The molecule has 0 saturated heterocycles. The highest BCUT2D eigenvalue weighted by atomic mass is 79.9. The Morgan fingerprint density at radius 2 is 1.79 bits per heavy atom. The first kappa shape index (κ1) is 14.1. The van der Waals surface area contributed by atoms with Crippen LogP contribution in [0.2, 0.25) is 0 Å². The van der Waals surface area contributed by atoms with Gasteiger partial charge in [-0.05, 0) is 42.3 Å². The van der Waals surface area contributed by atoms with Crippen molar-refractivity contribution in [1.82, 2.24) is 0 Å². The van der Waals surface area contributed by atoms with E-state index in [2.05, 4.69) is 20.7 Å². The van der Waals surface area contributed by atoms with Crippen LogP contribution in [0, 0.1) is 0 Å². The molecule has 0 aliphatic rings. The van der Waals surface area contributed by atoms with E-state index >= 15 is 0 Å². The third-order valence-electron chi connectivity index (χ3n) is 2.72. The molecule has 0 fully saturated rings. The number of rotatable bonds is 4. The smallest absolute Gasteiger partial charge is 0.262 e. The number of aryl methyl sites for hydroxylation is 1. The average Bonchev–Trinajstić information content (AvgIpc) is 2.38. The van der Waals surface area contributed by atoms with E-state index in [0.717, 1.165) is 10.0 Å². The van der Waals surface area contributed by atoms with E-state index in [-0.39, 0.29) is 0 Å². The Balaban J connectivity index is 2.40. The number of para-hydroxylation sites is 1. The zero-order valence-corrected chi connectivity index (χ0v) is 12.8. The van der Waals surface area contributed by atoms with Crippen molar-refractivity contribution in [1.29, 1.82) is 0 Å². The van der Waals surface area contributed by atoms with Crippen molar-refractivity contribution >= 4 is 31.6 Å². The van der Waals surface area contributed by atoms with Crippen molar-refractivity contribution < 1.29 is 8.42 Å². The fraction of sp³-hybridized carbons (Fsp3) is 0.143. The number of nitrogens with one attached hydrogen (secondary N) is 1. The van der Waals surface area contributed by atoms with Crippen LogP contribution in [0.4, 0.5) is 5.69 Å². The van der Waals surface area contributed by atoms with Gasteiger partial charge in [-0.15, -0.1) is 0 Å². The van der Waals surface area contributed by atoms with Gasteiger partial charge < -0.3 is 0 Å². The SMILES string of the molecule is CCc1cc(Br)ccc1S(=O)(=O)Nc1ccccc1. The summed E-state index contributed by atoms with van der Waals surface area (Å²) in [4.78, 5) is 0.321. The molecule has 0 atom stereocenters. The van der Waals surface area contributed by atoms with Gasteiger partial charge in [0, 0.05) is 10.2 Å². The molecule has 5 heteroatoms. The molecule has 2 aromatic carbocycles. The molecule has 1 N–H and O–H groups in total. The van der Waals surface area contributed by atoms with Crippen LogP contribution in [-0.2, 0) is 16.4 Å². The van der Waals surface area contributed by atoms with Crippen LogP contribution in [0.5, 0.6) is 0 Å². The number of halogens is 1. The third-order valence-corrected chi connectivity index (χ3v) is 4.69. The van der Waals surface area contributed by atoms with E-state index in [4.69, 9.17) is 0 Å². The van der Waals surface area contributed by atoms with Crippen molar-refractivity contribution in [3.8, 4) is 0 Å². The maximum atomic E-state index is 12.4. The zero-order chi connectivity index (χ0) is 13.9. The molecule has 0 heterocycles. The summed E-state index contributed by atoms with van der Waals surface area (Å²) in [5.41, 5.74) is 1.35. The molecule has 2 aromatic rings. The van der Waals surface area contributed by atoms with Crippen LogP contribution in [0.15, 0.2) is 57.9 Å². The highest BCUT2D eigenvalue weighted by Gasteiger charge is 2.17. The van der Waals surface area contributed by atoms with E-state index in [0.29, 0.717) is 17.0 Å². The predicted octanol–water partition coefficient (Wildman–Crippen LogP) is 3.81. The van der Waals surface area contributed by atoms with Crippen LogP contribution >= 0.6 is 15.9 Å². The molecule has 19 heavy (non-hydrogen) atoms. The Bertz CT molecular complexity index is 669. The van der Waals surface area contributed by atoms with Crippen LogP contribution in [0.1, 0.15) is 12.5 Å². The maximum absolute atomic E-state index is 12.4. The van der Waals surface area contributed by atoms with Crippen LogP contribution in [0.25, 0.3) is 0 Å². The Hall–Kier alpha value is -1.33. The third kappa shape index (κ3) is 3.36. The number of benzene rings is 2. The molecule has 0 aromatic heterocycles. The summed E-state index contributed by atoms with van der Waals surface area (Å²) in [6.45, 7) is 1.93. The quantitative estimate of drug-likeness (QED) is 0.920. The van der Waals surface area contributed by atoms with Gasteiger partial charge in [-0.2, -0.15) is 0 Å². The highest BCUT2D eigenvalue weighted by Crippen LogP contribution is 2.23. The largest absolute Gasteiger partial charge is 0.280 e. The summed E-state index contributed by atoms with van der Waals surface area (Å²) in [6, 6.07) is 14.1. The molecule has 100 valence electrons. The lowest BCUT2D eigenvalue weighted by molar-refractivity contribution is 0.600. The molecule has 0 amide bonds. The molecular formula is C14H14BrNO2S. The number of hydrogen-bond donors (Lipinski definition) is 1. The molecule has 0 unspecified atom stereocenters. The highest BCUT2D eigenvalue weighted by molar-refractivity contribution is 9.10. The van der Waals surface area contributed by atoms with E-state index in [1.807, 2.05) is 19.1 Å². The van der Waals surface area contributed by atoms with Crippen molar-refractivity contribution in [3.05, 3.63) is 58.6 Å². The predicted molar refractivity (Wildman–Crippen MR) is 80.8 cm³/mol. The van der Waals surface area contributed by atoms with Gasteiger partial charge in [0.15, 0.2) is 0 Å². The van der Waals surface area contributed by atoms with Gasteiger partial charge in [0.2, 0.25) is 0 Å². The molecule has 0 saturated carbocycles. The standard InChI is InChI=1S/C14H14BrNO2S/c1-2-11-10-12(15)8-9-14(11)19(17,18)16-13-6-4-3-5-7-13/h3-10,16H,2H2,1H3. The van der Waals surface area contributed by atoms with Gasteiger partial charge >= 0.3 is 0 Å². The van der Waals surface area contributed by atoms with Crippen LogP contribution in [0.3, 0.4) is 0 Å². The summed E-state index contributed by atoms with van der Waals surface area (Å²) in [6.07, 6.45) is 0.657. The Morgan fingerprint density at radius 1 is 1.11 bits per heavy atom. The lowest BCUT2D eigenvalue weighted by Crippen LogP contribution is -2.14. The minimum atomic E-state index is -3.54. The van der Waals surface area contributed by atoms with Crippen molar-refractivity contribution in [2.24, 2.45) is 0 Å². The summed E-state index contributed by atoms with van der Waals surface area (Å²) in [5, 5.41) is 0. The monoisotopic (exact) mass is 339 g/mol. The fourth-order valence-corrected chi connectivity index (χ4v) is 3.56. The normalized spacial score (nSPS) is 11.3. The van der Waals surface area contributed by atoms with E-state index < -0.39 is 10.0 Å². The first-order valence-corrected chi connectivity index (χ1v) is 8.17. The van der Waals surface area contributed by atoms with Crippen molar-refractivity contribution in [2.75, 3.05) is 4.72 Å². The van der Waals surface area contributed by atoms with E-state index in [9.17, 15) is 8.42 Å². The molecule has 0 aliphatic carbocycles. The van der Waals surface area contributed by atoms with Crippen molar-refractivity contribution in [2.45, 2.75) is 18.2 Å². The molecule has 2 rings (SSSR count). The number of anilines is 1. The fourth-order valence-electron chi connectivity index (χ4n) is 1.80. The average molecular weight is 340 g/mol. The van der Waals surface area contributed by atoms with Gasteiger partial charge in [-0.25, -0.2) is 8.42 Å². The van der Waals surface area contributed by atoms with Gasteiger partial charge in [0.05, 0.1) is 4.90 Å². The molecule has 0 radical (unpaired) electrons. The second-order valence-corrected chi connectivity index (χ2v) is 6.64. The Morgan fingerprint density at radius 3 is 2.42 bits per heavy atom. The maximum Gasteiger partial charge on any atom is 0.262 e. The van der Waals surface area contributed by atoms with Crippen LogP contribution in [-0.4, -0.2) is 8.42 Å². The first-order chi connectivity index (χ1) is 9.03. The second-order valence-electron chi connectivity index (χ2n) is 4.08. The van der Waals surface area contributed by atoms with Crippen molar-refractivity contribution in [3.63, 3.8) is 0 Å². The molecule has 0 aliphatic heterocycles.